The zero-order valence-electron chi connectivity index (χ0n) is 11.0. The van der Waals surface area contributed by atoms with E-state index < -0.39 is 0 Å². The minimum atomic E-state index is 0. The molecular formula is C12H25ClN2O2. The SMILES string of the molecule is CCC1CN(C(=O)CCC(C)N)CC(C)O1.Cl. The molecule has 0 aliphatic carbocycles. The van der Waals surface area contributed by atoms with Crippen LogP contribution in [-0.4, -0.2) is 42.1 Å². The zero-order chi connectivity index (χ0) is 12.1. The molecule has 1 aliphatic heterocycles. The first kappa shape index (κ1) is 16.7. The molecule has 0 radical (unpaired) electrons. The Bertz CT molecular complexity index is 237. The van der Waals surface area contributed by atoms with Crippen LogP contribution in [0, 0.1) is 0 Å². The van der Waals surface area contributed by atoms with Gasteiger partial charge >= 0.3 is 0 Å². The van der Waals surface area contributed by atoms with Crippen molar-refractivity contribution >= 4 is 18.3 Å². The van der Waals surface area contributed by atoms with Crippen molar-refractivity contribution in [3.05, 3.63) is 0 Å². The smallest absolute Gasteiger partial charge is 0.222 e. The number of nitrogens with zero attached hydrogens (tertiary/aromatic N) is 1. The number of rotatable bonds is 4. The van der Waals surface area contributed by atoms with Crippen molar-refractivity contribution in [2.75, 3.05) is 13.1 Å². The Morgan fingerprint density at radius 3 is 2.71 bits per heavy atom. The molecular weight excluding hydrogens is 240 g/mol. The number of hydrogen-bond acceptors (Lipinski definition) is 3. The van der Waals surface area contributed by atoms with Gasteiger partial charge < -0.3 is 15.4 Å². The summed E-state index contributed by atoms with van der Waals surface area (Å²) in [5, 5.41) is 0. The quantitative estimate of drug-likeness (QED) is 0.839. The van der Waals surface area contributed by atoms with Gasteiger partial charge in [-0.15, -0.1) is 12.4 Å². The maximum absolute atomic E-state index is 11.9. The van der Waals surface area contributed by atoms with Crippen LogP contribution in [0.15, 0.2) is 0 Å². The number of nitrogens with two attached hydrogens (primary N) is 1. The second kappa shape index (κ2) is 7.90. The molecule has 0 aromatic carbocycles. The molecule has 1 aliphatic rings. The third-order valence-corrected chi connectivity index (χ3v) is 2.95. The Kier molecular flexibility index (Phi) is 7.75. The monoisotopic (exact) mass is 264 g/mol. The van der Waals surface area contributed by atoms with Crippen LogP contribution >= 0.6 is 12.4 Å². The summed E-state index contributed by atoms with van der Waals surface area (Å²) in [5.41, 5.74) is 5.66. The van der Waals surface area contributed by atoms with Gasteiger partial charge in [-0.2, -0.15) is 0 Å². The summed E-state index contributed by atoms with van der Waals surface area (Å²) >= 11 is 0. The standard InChI is InChI=1S/C12H24N2O2.ClH/c1-4-11-8-14(7-10(3)16-11)12(15)6-5-9(2)13;/h9-11H,4-8,13H2,1-3H3;1H. The van der Waals surface area contributed by atoms with Crippen LogP contribution in [0.2, 0.25) is 0 Å². The third-order valence-electron chi connectivity index (χ3n) is 2.95. The highest BCUT2D eigenvalue weighted by Crippen LogP contribution is 2.15. The van der Waals surface area contributed by atoms with Crippen LogP contribution in [0.3, 0.4) is 0 Å². The predicted molar refractivity (Wildman–Crippen MR) is 71.3 cm³/mol. The molecule has 3 unspecified atom stereocenters. The Morgan fingerprint density at radius 1 is 1.53 bits per heavy atom. The Balaban J connectivity index is 0.00000256. The Labute approximate surface area is 110 Å². The molecule has 0 aromatic heterocycles. The third kappa shape index (κ3) is 5.70. The van der Waals surface area contributed by atoms with Crippen LogP contribution in [-0.2, 0) is 9.53 Å². The number of amides is 1. The lowest BCUT2D eigenvalue weighted by atomic mass is 10.1. The molecule has 0 spiro atoms. The average Bonchev–Trinajstić information content (AvgIpc) is 2.24. The van der Waals surface area contributed by atoms with Gasteiger partial charge in [-0.3, -0.25) is 4.79 Å². The fourth-order valence-corrected chi connectivity index (χ4v) is 1.98. The summed E-state index contributed by atoms with van der Waals surface area (Å²) in [7, 11) is 0. The molecule has 1 rings (SSSR count). The van der Waals surface area contributed by atoms with Crippen LogP contribution < -0.4 is 5.73 Å². The van der Waals surface area contributed by atoms with Gasteiger partial charge in [0.2, 0.25) is 5.91 Å². The minimum Gasteiger partial charge on any atom is -0.372 e. The summed E-state index contributed by atoms with van der Waals surface area (Å²) in [6, 6.07) is 0.101. The van der Waals surface area contributed by atoms with Gasteiger partial charge in [0, 0.05) is 25.6 Å². The van der Waals surface area contributed by atoms with Crippen molar-refractivity contribution < 1.29 is 9.53 Å². The normalized spacial score (nSPS) is 26.2. The maximum Gasteiger partial charge on any atom is 0.222 e. The molecule has 0 saturated carbocycles. The van der Waals surface area contributed by atoms with Crippen LogP contribution in [0.25, 0.3) is 0 Å². The highest BCUT2D eigenvalue weighted by molar-refractivity contribution is 5.85. The van der Waals surface area contributed by atoms with Gasteiger partial charge in [0.25, 0.3) is 0 Å². The summed E-state index contributed by atoms with van der Waals surface area (Å²) in [4.78, 5) is 13.8. The summed E-state index contributed by atoms with van der Waals surface area (Å²) < 4.78 is 5.72. The number of carbonyl (C=O) groups is 1. The van der Waals surface area contributed by atoms with Crippen molar-refractivity contribution in [1.29, 1.82) is 0 Å². The van der Waals surface area contributed by atoms with E-state index in [2.05, 4.69) is 6.92 Å². The molecule has 1 fully saturated rings. The maximum atomic E-state index is 11.9. The average molecular weight is 265 g/mol. The first-order valence-electron chi connectivity index (χ1n) is 6.21. The van der Waals surface area contributed by atoms with Crippen molar-refractivity contribution in [1.82, 2.24) is 4.90 Å². The van der Waals surface area contributed by atoms with E-state index in [-0.39, 0.29) is 36.6 Å². The highest BCUT2D eigenvalue weighted by Gasteiger charge is 2.26. The van der Waals surface area contributed by atoms with E-state index in [1.54, 1.807) is 0 Å². The second-order valence-corrected chi connectivity index (χ2v) is 4.79. The van der Waals surface area contributed by atoms with Crippen molar-refractivity contribution in [2.45, 2.75) is 58.3 Å². The van der Waals surface area contributed by atoms with E-state index in [1.165, 1.54) is 0 Å². The van der Waals surface area contributed by atoms with E-state index in [4.69, 9.17) is 10.5 Å². The van der Waals surface area contributed by atoms with Crippen molar-refractivity contribution in [3.63, 3.8) is 0 Å². The van der Waals surface area contributed by atoms with Crippen molar-refractivity contribution in [2.24, 2.45) is 5.73 Å². The molecule has 1 amide bonds. The lowest BCUT2D eigenvalue weighted by Crippen LogP contribution is -2.49. The molecule has 17 heavy (non-hydrogen) atoms. The fraction of sp³-hybridized carbons (Fsp3) is 0.917. The predicted octanol–water partition coefficient (Wildman–Crippen LogP) is 1.56. The molecule has 102 valence electrons. The number of carbonyl (C=O) groups excluding carboxylic acids is 1. The first-order valence-corrected chi connectivity index (χ1v) is 6.21. The summed E-state index contributed by atoms with van der Waals surface area (Å²) in [6.07, 6.45) is 2.63. The molecule has 1 saturated heterocycles. The van der Waals surface area contributed by atoms with E-state index in [0.29, 0.717) is 13.0 Å². The number of halogens is 1. The molecule has 0 bridgehead atoms. The number of hydrogen-bond donors (Lipinski definition) is 1. The van der Waals surface area contributed by atoms with E-state index in [9.17, 15) is 4.79 Å². The van der Waals surface area contributed by atoms with Crippen LogP contribution in [0.5, 0.6) is 0 Å². The second-order valence-electron chi connectivity index (χ2n) is 4.79. The van der Waals surface area contributed by atoms with E-state index in [1.807, 2.05) is 18.7 Å². The summed E-state index contributed by atoms with van der Waals surface area (Å²) in [5.74, 6) is 0.214. The van der Waals surface area contributed by atoms with Crippen LogP contribution in [0.4, 0.5) is 0 Å². The van der Waals surface area contributed by atoms with Gasteiger partial charge in [-0.05, 0) is 26.7 Å². The number of morpholine rings is 1. The minimum absolute atomic E-state index is 0. The van der Waals surface area contributed by atoms with Gasteiger partial charge in [-0.25, -0.2) is 0 Å². The Morgan fingerprint density at radius 2 is 2.18 bits per heavy atom. The lowest BCUT2D eigenvalue weighted by molar-refractivity contribution is -0.144. The van der Waals surface area contributed by atoms with Gasteiger partial charge in [0.15, 0.2) is 0 Å². The van der Waals surface area contributed by atoms with Crippen LogP contribution in [0.1, 0.15) is 40.0 Å². The molecule has 1 heterocycles. The van der Waals surface area contributed by atoms with Gasteiger partial charge in [-0.1, -0.05) is 6.92 Å². The number of ether oxygens (including phenoxy) is 1. The zero-order valence-corrected chi connectivity index (χ0v) is 11.8. The van der Waals surface area contributed by atoms with E-state index >= 15 is 0 Å². The largest absolute Gasteiger partial charge is 0.372 e. The summed E-state index contributed by atoms with van der Waals surface area (Å²) in [6.45, 7) is 7.50. The molecule has 3 atom stereocenters. The fourth-order valence-electron chi connectivity index (χ4n) is 1.98. The van der Waals surface area contributed by atoms with Gasteiger partial charge in [0.05, 0.1) is 12.2 Å². The Hall–Kier alpha value is -0.320. The molecule has 2 N–H and O–H groups in total. The molecule has 4 nitrogen and oxygen atoms in total. The van der Waals surface area contributed by atoms with E-state index in [0.717, 1.165) is 19.4 Å². The molecule has 5 heteroatoms. The first-order chi connectivity index (χ1) is 7.52. The van der Waals surface area contributed by atoms with Gasteiger partial charge in [0.1, 0.15) is 0 Å². The molecule has 0 aromatic rings. The lowest BCUT2D eigenvalue weighted by Gasteiger charge is -2.36. The van der Waals surface area contributed by atoms with Crippen molar-refractivity contribution in [3.8, 4) is 0 Å². The highest BCUT2D eigenvalue weighted by atomic mass is 35.5. The topological polar surface area (TPSA) is 55.6 Å².